The Morgan fingerprint density at radius 2 is 1.96 bits per heavy atom. The number of carbonyl (C=O) groups is 1. The van der Waals surface area contributed by atoms with E-state index in [1.807, 2.05) is 42.6 Å². The molecule has 24 heavy (non-hydrogen) atoms. The zero-order valence-electron chi connectivity index (χ0n) is 13.8. The maximum Gasteiger partial charge on any atom is 0.319 e. The lowest BCUT2D eigenvalue weighted by molar-refractivity contribution is -0.00847. The van der Waals surface area contributed by atoms with E-state index in [2.05, 4.69) is 10.6 Å². The lowest BCUT2D eigenvalue weighted by Gasteiger charge is -2.09. The average Bonchev–Trinajstić information content (AvgIpc) is 2.99. The van der Waals surface area contributed by atoms with Crippen LogP contribution in [0, 0.1) is 6.92 Å². The molecule has 0 unspecified atom stereocenters. The van der Waals surface area contributed by atoms with Gasteiger partial charge in [0.1, 0.15) is 5.75 Å². The molecule has 1 heterocycles. The van der Waals surface area contributed by atoms with Crippen LogP contribution < -0.4 is 15.4 Å². The molecule has 6 nitrogen and oxygen atoms in total. The third kappa shape index (κ3) is 6.19. The smallest absolute Gasteiger partial charge is 0.319 e. The number of hydrogen-bond acceptors (Lipinski definition) is 5. The van der Waals surface area contributed by atoms with Crippen molar-refractivity contribution in [3.05, 3.63) is 46.2 Å². The minimum atomic E-state index is -0.219. The molecule has 0 fully saturated rings. The molecule has 0 aliphatic carbocycles. The standard InChI is InChI=1S/C17H22N2O4S/c1-13-16(7-10-24-13)19-17(20)18-11-14-3-5-15(6-4-14)23-12-22-9-8-21-2/h3-7,10H,8-9,11-12H2,1-2H3,(H2,18,19,20). The Morgan fingerprint density at radius 1 is 1.17 bits per heavy atom. The second-order valence-electron chi connectivity index (χ2n) is 5.01. The van der Waals surface area contributed by atoms with Crippen LogP contribution in [0.15, 0.2) is 35.7 Å². The Morgan fingerprint density at radius 3 is 2.62 bits per heavy atom. The summed E-state index contributed by atoms with van der Waals surface area (Å²) in [7, 11) is 1.62. The van der Waals surface area contributed by atoms with E-state index in [1.54, 1.807) is 18.4 Å². The molecule has 2 aromatic rings. The van der Waals surface area contributed by atoms with Crippen LogP contribution in [0.2, 0.25) is 0 Å². The van der Waals surface area contributed by atoms with E-state index in [0.717, 1.165) is 21.9 Å². The number of anilines is 1. The molecule has 0 atom stereocenters. The van der Waals surface area contributed by atoms with E-state index in [0.29, 0.717) is 19.8 Å². The second-order valence-corrected chi connectivity index (χ2v) is 6.13. The summed E-state index contributed by atoms with van der Waals surface area (Å²) in [4.78, 5) is 12.9. The predicted octanol–water partition coefficient (Wildman–Crippen LogP) is 3.38. The lowest BCUT2D eigenvalue weighted by Crippen LogP contribution is -2.28. The zero-order valence-corrected chi connectivity index (χ0v) is 14.7. The van der Waals surface area contributed by atoms with Gasteiger partial charge in [0, 0.05) is 18.5 Å². The highest BCUT2D eigenvalue weighted by atomic mass is 32.1. The van der Waals surface area contributed by atoms with Gasteiger partial charge in [-0.25, -0.2) is 4.79 Å². The minimum absolute atomic E-state index is 0.184. The lowest BCUT2D eigenvalue weighted by atomic mass is 10.2. The first-order chi connectivity index (χ1) is 11.7. The fourth-order valence-corrected chi connectivity index (χ4v) is 2.53. The van der Waals surface area contributed by atoms with Gasteiger partial charge in [0.2, 0.25) is 0 Å². The number of benzene rings is 1. The fourth-order valence-electron chi connectivity index (χ4n) is 1.88. The van der Waals surface area contributed by atoms with Crippen LogP contribution in [0.3, 0.4) is 0 Å². The summed E-state index contributed by atoms with van der Waals surface area (Å²) in [6.07, 6.45) is 0. The van der Waals surface area contributed by atoms with Crippen molar-refractivity contribution in [1.82, 2.24) is 5.32 Å². The van der Waals surface area contributed by atoms with Crippen molar-refractivity contribution in [3.63, 3.8) is 0 Å². The van der Waals surface area contributed by atoms with Gasteiger partial charge >= 0.3 is 6.03 Å². The molecule has 130 valence electrons. The Labute approximate surface area is 145 Å². The quantitative estimate of drug-likeness (QED) is 0.537. The summed E-state index contributed by atoms with van der Waals surface area (Å²) >= 11 is 1.60. The van der Waals surface area contributed by atoms with Crippen LogP contribution in [0.4, 0.5) is 10.5 Å². The highest BCUT2D eigenvalue weighted by Crippen LogP contribution is 2.20. The Kier molecular flexibility index (Phi) is 7.54. The van der Waals surface area contributed by atoms with E-state index in [1.165, 1.54) is 0 Å². The summed E-state index contributed by atoms with van der Waals surface area (Å²) in [6.45, 7) is 3.64. The third-order valence-corrected chi connectivity index (χ3v) is 4.07. The molecule has 0 aliphatic rings. The van der Waals surface area contributed by atoms with Crippen molar-refractivity contribution < 1.29 is 19.0 Å². The maximum absolute atomic E-state index is 11.9. The second kappa shape index (κ2) is 9.92. The molecule has 1 aromatic heterocycles. The number of nitrogens with one attached hydrogen (secondary N) is 2. The summed E-state index contributed by atoms with van der Waals surface area (Å²) in [5.41, 5.74) is 1.83. The minimum Gasteiger partial charge on any atom is -0.468 e. The van der Waals surface area contributed by atoms with Gasteiger partial charge in [-0.1, -0.05) is 12.1 Å². The van der Waals surface area contributed by atoms with E-state index >= 15 is 0 Å². The van der Waals surface area contributed by atoms with Crippen LogP contribution in [0.1, 0.15) is 10.4 Å². The van der Waals surface area contributed by atoms with E-state index < -0.39 is 0 Å². The number of hydrogen-bond donors (Lipinski definition) is 2. The fraction of sp³-hybridized carbons (Fsp3) is 0.353. The van der Waals surface area contributed by atoms with Crippen molar-refractivity contribution in [3.8, 4) is 5.75 Å². The summed E-state index contributed by atoms with van der Waals surface area (Å²) in [6, 6.07) is 9.17. The van der Waals surface area contributed by atoms with Crippen molar-refractivity contribution >= 4 is 23.1 Å². The number of methoxy groups -OCH3 is 1. The largest absolute Gasteiger partial charge is 0.468 e. The summed E-state index contributed by atoms with van der Waals surface area (Å²) in [5.74, 6) is 0.717. The molecule has 0 spiro atoms. The molecule has 7 heteroatoms. The van der Waals surface area contributed by atoms with Gasteiger partial charge in [0.05, 0.1) is 18.9 Å². The zero-order chi connectivity index (χ0) is 17.2. The summed E-state index contributed by atoms with van der Waals surface area (Å²) < 4.78 is 15.6. The first-order valence-electron chi connectivity index (χ1n) is 7.56. The number of thiophene rings is 1. The topological polar surface area (TPSA) is 68.8 Å². The Bertz CT molecular complexity index is 628. The Balaban J connectivity index is 1.69. The molecule has 0 bridgehead atoms. The van der Waals surface area contributed by atoms with Crippen molar-refractivity contribution in [2.24, 2.45) is 0 Å². The number of urea groups is 1. The molecule has 0 saturated heterocycles. The first-order valence-corrected chi connectivity index (χ1v) is 8.44. The van der Waals surface area contributed by atoms with E-state index in [4.69, 9.17) is 14.2 Å². The first kappa shape index (κ1) is 18.3. The van der Waals surface area contributed by atoms with Gasteiger partial charge in [0.25, 0.3) is 0 Å². The van der Waals surface area contributed by atoms with Gasteiger partial charge in [-0.3, -0.25) is 0 Å². The van der Waals surface area contributed by atoms with Crippen molar-refractivity contribution in [1.29, 1.82) is 0 Å². The van der Waals surface area contributed by atoms with E-state index in [9.17, 15) is 4.79 Å². The van der Waals surface area contributed by atoms with Gasteiger partial charge in [-0.05, 0) is 36.1 Å². The van der Waals surface area contributed by atoms with Crippen LogP contribution in [-0.4, -0.2) is 33.1 Å². The summed E-state index contributed by atoms with van der Waals surface area (Å²) in [5, 5.41) is 7.60. The number of ether oxygens (including phenoxy) is 3. The number of carbonyl (C=O) groups excluding carboxylic acids is 1. The molecule has 2 amide bonds. The third-order valence-electron chi connectivity index (χ3n) is 3.22. The molecule has 1 aromatic carbocycles. The highest BCUT2D eigenvalue weighted by molar-refractivity contribution is 7.10. The van der Waals surface area contributed by atoms with Crippen LogP contribution in [0.25, 0.3) is 0 Å². The molecule has 0 radical (unpaired) electrons. The molecule has 0 saturated carbocycles. The molecular weight excluding hydrogens is 328 g/mol. The van der Waals surface area contributed by atoms with Crippen LogP contribution in [-0.2, 0) is 16.0 Å². The van der Waals surface area contributed by atoms with Crippen LogP contribution >= 0.6 is 11.3 Å². The predicted molar refractivity (Wildman–Crippen MR) is 94.7 cm³/mol. The van der Waals surface area contributed by atoms with Gasteiger partial charge in [-0.15, -0.1) is 11.3 Å². The monoisotopic (exact) mass is 350 g/mol. The van der Waals surface area contributed by atoms with Crippen molar-refractivity contribution in [2.75, 3.05) is 32.4 Å². The molecule has 2 N–H and O–H groups in total. The Hall–Kier alpha value is -2.09. The molecule has 2 rings (SSSR count). The molecule has 0 aliphatic heterocycles. The SMILES string of the molecule is COCCOCOc1ccc(CNC(=O)Nc2ccsc2C)cc1. The number of amides is 2. The number of aryl methyl sites for hydroxylation is 1. The normalized spacial score (nSPS) is 10.4. The van der Waals surface area contributed by atoms with Crippen molar-refractivity contribution in [2.45, 2.75) is 13.5 Å². The van der Waals surface area contributed by atoms with E-state index in [-0.39, 0.29) is 12.8 Å². The highest BCUT2D eigenvalue weighted by Gasteiger charge is 2.05. The maximum atomic E-state index is 11.9. The average molecular weight is 350 g/mol. The van der Waals surface area contributed by atoms with Gasteiger partial charge in [-0.2, -0.15) is 0 Å². The van der Waals surface area contributed by atoms with Gasteiger partial charge < -0.3 is 24.8 Å². The molecular formula is C17H22N2O4S. The number of rotatable bonds is 9. The van der Waals surface area contributed by atoms with Gasteiger partial charge in [0.15, 0.2) is 6.79 Å². The van der Waals surface area contributed by atoms with Crippen LogP contribution in [0.5, 0.6) is 5.75 Å².